The van der Waals surface area contributed by atoms with E-state index in [1.165, 1.54) is 23.1 Å². The minimum atomic E-state index is -0.579. The highest BCUT2D eigenvalue weighted by Crippen LogP contribution is 2.28. The van der Waals surface area contributed by atoms with E-state index in [1.54, 1.807) is 7.05 Å². The number of hydrazine groups is 1. The molecule has 0 radical (unpaired) electrons. The Morgan fingerprint density at radius 1 is 1.60 bits per heavy atom. The van der Waals surface area contributed by atoms with Crippen molar-refractivity contribution in [2.75, 3.05) is 25.7 Å². The van der Waals surface area contributed by atoms with Crippen LogP contribution < -0.4 is 11.3 Å². The summed E-state index contributed by atoms with van der Waals surface area (Å²) < 4.78 is 5.24. The van der Waals surface area contributed by atoms with Crippen molar-refractivity contribution < 1.29 is 14.5 Å². The molecule has 1 amide bonds. The molecule has 0 bridgehead atoms. The molecule has 1 aliphatic rings. The third-order valence-corrected chi connectivity index (χ3v) is 3.39. The molecule has 1 atom stereocenters. The number of ether oxygens (including phenoxy) is 1. The topological polar surface area (TPSA) is 111 Å². The Morgan fingerprint density at radius 3 is 2.90 bits per heavy atom. The molecule has 0 aliphatic carbocycles. The largest absolute Gasteiger partial charge is 0.379 e. The lowest BCUT2D eigenvalue weighted by Gasteiger charge is -2.24. The van der Waals surface area contributed by atoms with E-state index < -0.39 is 4.92 Å². The van der Waals surface area contributed by atoms with Crippen LogP contribution in [0.2, 0.25) is 0 Å². The van der Waals surface area contributed by atoms with E-state index in [0.29, 0.717) is 13.2 Å². The molecule has 3 N–H and O–H groups in total. The van der Waals surface area contributed by atoms with Crippen LogP contribution in [-0.2, 0) is 4.74 Å². The van der Waals surface area contributed by atoms with Crippen LogP contribution in [0.25, 0.3) is 0 Å². The summed E-state index contributed by atoms with van der Waals surface area (Å²) in [6, 6.07) is 4.25. The smallest absolute Gasteiger partial charge is 0.294 e. The van der Waals surface area contributed by atoms with E-state index in [2.05, 4.69) is 5.43 Å². The summed E-state index contributed by atoms with van der Waals surface area (Å²) in [5.74, 6) is 5.01. The van der Waals surface area contributed by atoms with Gasteiger partial charge in [0.2, 0.25) is 0 Å². The number of benzene rings is 1. The van der Waals surface area contributed by atoms with Crippen LogP contribution in [0.4, 0.5) is 11.4 Å². The molecule has 8 nitrogen and oxygen atoms in total. The molecule has 1 unspecified atom stereocenters. The fraction of sp³-hybridized carbons (Fsp3) is 0.417. The minimum Gasteiger partial charge on any atom is -0.379 e. The summed E-state index contributed by atoms with van der Waals surface area (Å²) in [6.07, 6.45) is 0.753. The Labute approximate surface area is 115 Å². The Balaban J connectivity index is 2.33. The number of hydrogen-bond donors (Lipinski definition) is 2. The second-order valence-electron chi connectivity index (χ2n) is 4.53. The summed E-state index contributed by atoms with van der Waals surface area (Å²) in [4.78, 5) is 24.3. The standard InChI is InChI=1S/C12H16N4O4/c1-15(8-5-6-20-7-8)12(17)9-3-2-4-10(16(18)19)11(9)14-13/h2-4,8,14H,5-7,13H2,1H3. The van der Waals surface area contributed by atoms with Crippen LogP contribution >= 0.6 is 0 Å². The quantitative estimate of drug-likeness (QED) is 0.478. The fourth-order valence-electron chi connectivity index (χ4n) is 2.21. The first-order chi connectivity index (χ1) is 9.56. The van der Waals surface area contributed by atoms with Crippen molar-refractivity contribution in [3.05, 3.63) is 33.9 Å². The SMILES string of the molecule is CN(C(=O)c1cccc([N+](=O)[O-])c1NN)C1CCOC1. The van der Waals surface area contributed by atoms with Gasteiger partial charge in [-0.3, -0.25) is 20.8 Å². The monoisotopic (exact) mass is 280 g/mol. The zero-order chi connectivity index (χ0) is 14.7. The van der Waals surface area contributed by atoms with Gasteiger partial charge in [0, 0.05) is 19.7 Å². The van der Waals surface area contributed by atoms with Gasteiger partial charge in [0.05, 0.1) is 23.1 Å². The molecule has 20 heavy (non-hydrogen) atoms. The fourth-order valence-corrected chi connectivity index (χ4v) is 2.21. The number of rotatable bonds is 4. The summed E-state index contributed by atoms with van der Waals surface area (Å²) in [5.41, 5.74) is 2.22. The molecule has 0 saturated carbocycles. The summed E-state index contributed by atoms with van der Waals surface area (Å²) in [6.45, 7) is 1.09. The number of nitrogen functional groups attached to an aromatic ring is 1. The van der Waals surface area contributed by atoms with Crippen LogP contribution in [0, 0.1) is 10.1 Å². The number of hydrogen-bond acceptors (Lipinski definition) is 6. The predicted molar refractivity (Wildman–Crippen MR) is 72.2 cm³/mol. The molecule has 1 heterocycles. The first-order valence-corrected chi connectivity index (χ1v) is 6.15. The number of nitrogens with one attached hydrogen (secondary N) is 1. The third kappa shape index (κ3) is 2.56. The molecule has 0 aromatic heterocycles. The van der Waals surface area contributed by atoms with Gasteiger partial charge in [-0.1, -0.05) is 6.07 Å². The average molecular weight is 280 g/mol. The maximum atomic E-state index is 12.4. The Bertz CT molecular complexity index is 528. The zero-order valence-corrected chi connectivity index (χ0v) is 11.0. The molecule has 1 fully saturated rings. The molecular formula is C12H16N4O4. The highest BCUT2D eigenvalue weighted by molar-refractivity contribution is 6.01. The van der Waals surface area contributed by atoms with Gasteiger partial charge < -0.3 is 15.1 Å². The molecule has 1 aromatic carbocycles. The lowest BCUT2D eigenvalue weighted by atomic mass is 10.1. The van der Waals surface area contributed by atoms with Crippen LogP contribution in [0.1, 0.15) is 16.8 Å². The second kappa shape index (κ2) is 5.85. The van der Waals surface area contributed by atoms with E-state index in [-0.39, 0.29) is 28.9 Å². The van der Waals surface area contributed by atoms with Gasteiger partial charge >= 0.3 is 0 Å². The number of nitro groups is 1. The molecule has 108 valence electrons. The number of carbonyl (C=O) groups is 1. The predicted octanol–water partition coefficient (Wildman–Crippen LogP) is 0.741. The maximum absolute atomic E-state index is 12.4. The van der Waals surface area contributed by atoms with E-state index in [1.807, 2.05) is 0 Å². The number of likely N-dealkylation sites (N-methyl/N-ethyl adjacent to an activating group) is 1. The number of nitrogens with zero attached hydrogens (tertiary/aromatic N) is 2. The van der Waals surface area contributed by atoms with E-state index in [0.717, 1.165) is 6.42 Å². The Morgan fingerprint density at radius 2 is 2.35 bits per heavy atom. The average Bonchev–Trinajstić information content (AvgIpc) is 2.98. The van der Waals surface area contributed by atoms with Crippen molar-refractivity contribution >= 4 is 17.3 Å². The number of carbonyl (C=O) groups excluding carboxylic acids is 1. The summed E-state index contributed by atoms with van der Waals surface area (Å²) >= 11 is 0. The van der Waals surface area contributed by atoms with Gasteiger partial charge in [-0.2, -0.15) is 0 Å². The van der Waals surface area contributed by atoms with Crippen LogP contribution in [-0.4, -0.2) is 42.0 Å². The highest BCUT2D eigenvalue weighted by Gasteiger charge is 2.28. The maximum Gasteiger partial charge on any atom is 0.294 e. The minimum absolute atomic E-state index is 0.0209. The molecule has 1 saturated heterocycles. The summed E-state index contributed by atoms with van der Waals surface area (Å²) in [7, 11) is 1.65. The van der Waals surface area contributed by atoms with Crippen LogP contribution in [0.15, 0.2) is 18.2 Å². The number of nitrogens with two attached hydrogens (primary N) is 1. The van der Waals surface area contributed by atoms with Crippen LogP contribution in [0.3, 0.4) is 0 Å². The van der Waals surface area contributed by atoms with Gasteiger partial charge in [-0.05, 0) is 12.5 Å². The van der Waals surface area contributed by atoms with E-state index in [4.69, 9.17) is 10.6 Å². The number of para-hydroxylation sites is 1. The van der Waals surface area contributed by atoms with Crippen LogP contribution in [0.5, 0.6) is 0 Å². The van der Waals surface area contributed by atoms with Gasteiger partial charge in [-0.15, -0.1) is 0 Å². The third-order valence-electron chi connectivity index (χ3n) is 3.39. The van der Waals surface area contributed by atoms with E-state index in [9.17, 15) is 14.9 Å². The second-order valence-corrected chi connectivity index (χ2v) is 4.53. The van der Waals surface area contributed by atoms with Gasteiger partial charge in [0.15, 0.2) is 0 Å². The van der Waals surface area contributed by atoms with Crippen molar-refractivity contribution in [2.45, 2.75) is 12.5 Å². The number of nitro benzene ring substituents is 1. The Hall–Kier alpha value is -2.19. The molecule has 2 rings (SSSR count). The number of amides is 1. The first-order valence-electron chi connectivity index (χ1n) is 6.15. The lowest BCUT2D eigenvalue weighted by molar-refractivity contribution is -0.384. The normalized spacial score (nSPS) is 17.8. The molecular weight excluding hydrogens is 264 g/mol. The van der Waals surface area contributed by atoms with Crippen molar-refractivity contribution in [2.24, 2.45) is 5.84 Å². The molecule has 8 heteroatoms. The van der Waals surface area contributed by atoms with Crippen molar-refractivity contribution in [3.8, 4) is 0 Å². The summed E-state index contributed by atoms with van der Waals surface area (Å²) in [5, 5.41) is 10.9. The first kappa shape index (κ1) is 14.2. The van der Waals surface area contributed by atoms with Crippen molar-refractivity contribution in [1.29, 1.82) is 0 Å². The van der Waals surface area contributed by atoms with Crippen molar-refractivity contribution in [3.63, 3.8) is 0 Å². The number of anilines is 1. The van der Waals surface area contributed by atoms with Gasteiger partial charge in [0.25, 0.3) is 11.6 Å². The van der Waals surface area contributed by atoms with E-state index >= 15 is 0 Å². The van der Waals surface area contributed by atoms with Crippen molar-refractivity contribution in [1.82, 2.24) is 4.90 Å². The molecule has 1 aliphatic heterocycles. The Kier molecular flexibility index (Phi) is 4.16. The van der Waals surface area contributed by atoms with Gasteiger partial charge in [-0.25, -0.2) is 0 Å². The lowest BCUT2D eigenvalue weighted by Crippen LogP contribution is -2.37. The zero-order valence-electron chi connectivity index (χ0n) is 11.0. The molecule has 0 spiro atoms. The molecule has 1 aromatic rings. The highest BCUT2D eigenvalue weighted by atomic mass is 16.6. The van der Waals surface area contributed by atoms with Gasteiger partial charge in [0.1, 0.15) is 5.69 Å².